The number of rotatable bonds is 7. The summed E-state index contributed by atoms with van der Waals surface area (Å²) in [5.41, 5.74) is 1.07. The lowest BCUT2D eigenvalue weighted by Crippen LogP contribution is -2.38. The van der Waals surface area contributed by atoms with E-state index in [-0.39, 0.29) is 18.4 Å². The first-order chi connectivity index (χ1) is 9.38. The number of hydrogen-bond donors (Lipinski definition) is 1. The summed E-state index contributed by atoms with van der Waals surface area (Å²) in [6.45, 7) is 4.19. The lowest BCUT2D eigenvalue weighted by molar-refractivity contribution is -0.144. The van der Waals surface area contributed by atoms with Gasteiger partial charge < -0.3 is 10.0 Å². The van der Waals surface area contributed by atoms with Crippen LogP contribution in [0.2, 0.25) is 0 Å². The Morgan fingerprint density at radius 1 is 1.25 bits per heavy atom. The van der Waals surface area contributed by atoms with Gasteiger partial charge in [0.05, 0.1) is 0 Å². The molecule has 1 aromatic carbocycles. The topological polar surface area (TPSA) is 57.6 Å². The highest BCUT2D eigenvalue weighted by Crippen LogP contribution is 2.12. The molecule has 0 aliphatic carbocycles. The van der Waals surface area contributed by atoms with Crippen molar-refractivity contribution < 1.29 is 14.7 Å². The molecule has 0 heterocycles. The molecular weight excluding hydrogens is 322 g/mol. The van der Waals surface area contributed by atoms with Crippen molar-refractivity contribution in [2.75, 3.05) is 13.1 Å². The summed E-state index contributed by atoms with van der Waals surface area (Å²) in [6, 6.07) is 7.79. The van der Waals surface area contributed by atoms with E-state index in [1.54, 1.807) is 0 Å². The molecule has 0 saturated carbocycles. The Labute approximate surface area is 127 Å². The summed E-state index contributed by atoms with van der Waals surface area (Å²) in [5.74, 6) is -0.822. The van der Waals surface area contributed by atoms with Gasteiger partial charge in [-0.2, -0.15) is 0 Å². The van der Waals surface area contributed by atoms with Crippen LogP contribution in [0.5, 0.6) is 0 Å². The van der Waals surface area contributed by atoms with Crippen LogP contribution >= 0.6 is 15.9 Å². The molecule has 1 rings (SSSR count). The van der Waals surface area contributed by atoms with Gasteiger partial charge in [0.2, 0.25) is 5.91 Å². The van der Waals surface area contributed by atoms with Crippen LogP contribution in [0.3, 0.4) is 0 Å². The normalized spacial score (nSPS) is 10.6. The minimum Gasteiger partial charge on any atom is -0.480 e. The molecule has 0 atom stereocenters. The smallest absolute Gasteiger partial charge is 0.323 e. The Kier molecular flexibility index (Phi) is 6.71. The van der Waals surface area contributed by atoms with Crippen LogP contribution in [-0.2, 0) is 16.0 Å². The average Bonchev–Trinajstić information content (AvgIpc) is 2.36. The number of carboxylic acids is 1. The van der Waals surface area contributed by atoms with E-state index >= 15 is 0 Å². The molecule has 20 heavy (non-hydrogen) atoms. The van der Waals surface area contributed by atoms with Crippen molar-refractivity contribution in [2.45, 2.75) is 26.7 Å². The molecule has 4 nitrogen and oxygen atoms in total. The zero-order chi connectivity index (χ0) is 15.1. The summed E-state index contributed by atoms with van der Waals surface area (Å²) in [6.07, 6.45) is 0.960. The number of carbonyl (C=O) groups is 2. The second kappa shape index (κ2) is 8.04. The fourth-order valence-electron chi connectivity index (χ4n) is 1.92. The zero-order valence-electron chi connectivity index (χ0n) is 11.8. The molecule has 110 valence electrons. The molecule has 1 amide bonds. The van der Waals surface area contributed by atoms with Crippen LogP contribution in [0.4, 0.5) is 0 Å². The highest BCUT2D eigenvalue weighted by Gasteiger charge is 2.17. The summed E-state index contributed by atoms with van der Waals surface area (Å²) < 4.78 is 1.000. The number of hydrogen-bond acceptors (Lipinski definition) is 2. The highest BCUT2D eigenvalue weighted by atomic mass is 79.9. The molecule has 0 bridgehead atoms. The first-order valence-corrected chi connectivity index (χ1v) is 7.41. The predicted molar refractivity (Wildman–Crippen MR) is 81.5 cm³/mol. The van der Waals surface area contributed by atoms with Crippen molar-refractivity contribution in [1.29, 1.82) is 0 Å². The SMILES string of the molecule is CC(C)CN(CC(=O)O)C(=O)CCc1ccc(Br)cc1. The van der Waals surface area contributed by atoms with Crippen molar-refractivity contribution in [2.24, 2.45) is 5.92 Å². The van der Waals surface area contributed by atoms with Gasteiger partial charge in [0, 0.05) is 17.4 Å². The maximum atomic E-state index is 12.1. The maximum Gasteiger partial charge on any atom is 0.323 e. The molecule has 0 saturated heterocycles. The van der Waals surface area contributed by atoms with Crippen LogP contribution in [0, 0.1) is 5.92 Å². The average molecular weight is 342 g/mol. The van der Waals surface area contributed by atoms with Crippen LogP contribution in [0.15, 0.2) is 28.7 Å². The van der Waals surface area contributed by atoms with Gasteiger partial charge >= 0.3 is 5.97 Å². The molecule has 0 spiro atoms. The molecule has 0 aliphatic heterocycles. The largest absolute Gasteiger partial charge is 0.480 e. The van der Waals surface area contributed by atoms with E-state index in [4.69, 9.17) is 5.11 Å². The van der Waals surface area contributed by atoms with Crippen LogP contribution in [0.1, 0.15) is 25.8 Å². The van der Waals surface area contributed by atoms with E-state index in [0.717, 1.165) is 10.0 Å². The standard InChI is InChI=1S/C15H20BrNO3/c1-11(2)9-17(10-15(19)20)14(18)8-5-12-3-6-13(16)7-4-12/h3-4,6-7,11H,5,8-10H2,1-2H3,(H,19,20). The van der Waals surface area contributed by atoms with Crippen LogP contribution in [0.25, 0.3) is 0 Å². The molecule has 0 unspecified atom stereocenters. The summed E-state index contributed by atoms with van der Waals surface area (Å²) in [7, 11) is 0. The Morgan fingerprint density at radius 2 is 1.85 bits per heavy atom. The summed E-state index contributed by atoms with van der Waals surface area (Å²) >= 11 is 3.36. The van der Waals surface area contributed by atoms with E-state index in [2.05, 4.69) is 15.9 Å². The van der Waals surface area contributed by atoms with Crippen LogP contribution in [-0.4, -0.2) is 35.0 Å². The molecule has 1 N–H and O–H groups in total. The van der Waals surface area contributed by atoms with Crippen molar-refractivity contribution in [3.63, 3.8) is 0 Å². The van der Waals surface area contributed by atoms with Crippen molar-refractivity contribution in [3.8, 4) is 0 Å². The quantitative estimate of drug-likeness (QED) is 0.829. The zero-order valence-corrected chi connectivity index (χ0v) is 13.4. The van der Waals surface area contributed by atoms with E-state index in [0.29, 0.717) is 19.4 Å². The lowest BCUT2D eigenvalue weighted by Gasteiger charge is -2.22. The van der Waals surface area contributed by atoms with Gasteiger partial charge in [-0.25, -0.2) is 0 Å². The molecular formula is C15H20BrNO3. The fourth-order valence-corrected chi connectivity index (χ4v) is 2.18. The molecule has 0 aliphatic rings. The molecule has 1 aromatic rings. The lowest BCUT2D eigenvalue weighted by atomic mass is 10.1. The highest BCUT2D eigenvalue weighted by molar-refractivity contribution is 9.10. The third-order valence-electron chi connectivity index (χ3n) is 2.81. The van der Waals surface area contributed by atoms with E-state index in [9.17, 15) is 9.59 Å². The second-order valence-electron chi connectivity index (χ2n) is 5.19. The Hall–Kier alpha value is -1.36. The van der Waals surface area contributed by atoms with Crippen molar-refractivity contribution >= 4 is 27.8 Å². The van der Waals surface area contributed by atoms with Crippen LogP contribution < -0.4 is 0 Å². The Balaban J connectivity index is 2.56. The van der Waals surface area contributed by atoms with Gasteiger partial charge in [0.25, 0.3) is 0 Å². The fraction of sp³-hybridized carbons (Fsp3) is 0.467. The second-order valence-corrected chi connectivity index (χ2v) is 6.10. The van der Waals surface area contributed by atoms with Gasteiger partial charge in [-0.15, -0.1) is 0 Å². The number of halogens is 1. The van der Waals surface area contributed by atoms with Gasteiger partial charge in [0.1, 0.15) is 6.54 Å². The third kappa shape index (κ3) is 6.19. The predicted octanol–water partition coefficient (Wildman–Crippen LogP) is 2.95. The number of aryl methyl sites for hydroxylation is 1. The molecule has 0 radical (unpaired) electrons. The van der Waals surface area contributed by atoms with Gasteiger partial charge in [-0.1, -0.05) is 41.9 Å². The number of benzene rings is 1. The Morgan fingerprint density at radius 3 is 2.35 bits per heavy atom. The number of carboxylic acid groups (broad SMARTS) is 1. The van der Waals surface area contributed by atoms with Gasteiger partial charge in [-0.3, -0.25) is 9.59 Å². The van der Waals surface area contributed by atoms with E-state index < -0.39 is 5.97 Å². The summed E-state index contributed by atoms with van der Waals surface area (Å²) in [5, 5.41) is 8.86. The number of amides is 1. The minimum atomic E-state index is -0.970. The first kappa shape index (κ1) is 16.7. The van der Waals surface area contributed by atoms with Crippen molar-refractivity contribution in [3.05, 3.63) is 34.3 Å². The van der Waals surface area contributed by atoms with Gasteiger partial charge in [-0.05, 0) is 30.0 Å². The summed E-state index contributed by atoms with van der Waals surface area (Å²) in [4.78, 5) is 24.3. The number of nitrogens with zero attached hydrogens (tertiary/aromatic N) is 1. The molecule has 0 aromatic heterocycles. The Bertz CT molecular complexity index is 457. The number of aliphatic carboxylic acids is 1. The minimum absolute atomic E-state index is 0.107. The van der Waals surface area contributed by atoms with E-state index in [1.807, 2.05) is 38.1 Å². The number of carbonyl (C=O) groups excluding carboxylic acids is 1. The monoisotopic (exact) mass is 341 g/mol. The maximum absolute atomic E-state index is 12.1. The molecule has 5 heteroatoms. The molecule has 0 fully saturated rings. The van der Waals surface area contributed by atoms with Crippen molar-refractivity contribution in [1.82, 2.24) is 4.90 Å². The third-order valence-corrected chi connectivity index (χ3v) is 3.33. The van der Waals surface area contributed by atoms with E-state index in [1.165, 1.54) is 4.90 Å². The first-order valence-electron chi connectivity index (χ1n) is 6.62. The van der Waals surface area contributed by atoms with Gasteiger partial charge in [0.15, 0.2) is 0 Å².